The maximum Gasteiger partial charge on any atom is 0.251 e. The highest BCUT2D eigenvalue weighted by Gasteiger charge is 2.36. The molecule has 2 heterocycles. The van der Waals surface area contributed by atoms with Crippen molar-refractivity contribution in [2.45, 2.75) is 25.0 Å². The fourth-order valence-electron chi connectivity index (χ4n) is 3.34. The van der Waals surface area contributed by atoms with Crippen LogP contribution in [0.2, 0.25) is 0 Å². The number of nitrogens with zero attached hydrogens (tertiary/aromatic N) is 2. The molecule has 6 nitrogen and oxygen atoms in total. The predicted molar refractivity (Wildman–Crippen MR) is 97.2 cm³/mol. The van der Waals surface area contributed by atoms with Crippen molar-refractivity contribution in [2.24, 2.45) is 5.92 Å². The van der Waals surface area contributed by atoms with E-state index in [1.807, 2.05) is 36.4 Å². The van der Waals surface area contributed by atoms with Gasteiger partial charge in [0.1, 0.15) is 0 Å². The lowest BCUT2D eigenvalue weighted by Gasteiger charge is -2.37. The molecule has 26 heavy (non-hydrogen) atoms. The number of hydrogen-bond donors (Lipinski definition) is 3. The third-order valence-corrected chi connectivity index (χ3v) is 4.87. The molecule has 0 aliphatic heterocycles. The Bertz CT molecular complexity index is 857. The molecule has 1 aliphatic carbocycles. The van der Waals surface area contributed by atoms with Gasteiger partial charge in [-0.25, -0.2) is 0 Å². The van der Waals surface area contributed by atoms with E-state index >= 15 is 0 Å². The smallest absolute Gasteiger partial charge is 0.251 e. The Balaban J connectivity index is 1.51. The lowest BCUT2D eigenvalue weighted by atomic mass is 9.76. The van der Waals surface area contributed by atoms with E-state index in [9.17, 15) is 9.90 Å². The van der Waals surface area contributed by atoms with Gasteiger partial charge >= 0.3 is 0 Å². The quantitative estimate of drug-likeness (QED) is 0.661. The van der Waals surface area contributed by atoms with Gasteiger partial charge in [-0.1, -0.05) is 18.2 Å². The van der Waals surface area contributed by atoms with E-state index < -0.39 is 0 Å². The van der Waals surface area contributed by atoms with Crippen molar-refractivity contribution in [1.29, 1.82) is 0 Å². The molecule has 1 atom stereocenters. The van der Waals surface area contributed by atoms with Crippen molar-refractivity contribution >= 4 is 5.91 Å². The number of benzene rings is 1. The van der Waals surface area contributed by atoms with Crippen molar-refractivity contribution in [1.82, 2.24) is 20.5 Å². The summed E-state index contributed by atoms with van der Waals surface area (Å²) in [6.45, 7) is 0. The maximum atomic E-state index is 12.7. The minimum Gasteiger partial charge on any atom is -0.393 e. The lowest BCUT2D eigenvalue weighted by Crippen LogP contribution is -2.41. The summed E-state index contributed by atoms with van der Waals surface area (Å²) in [6.07, 6.45) is 4.50. The van der Waals surface area contributed by atoms with Crippen LogP contribution in [0.3, 0.4) is 0 Å². The lowest BCUT2D eigenvalue weighted by molar-refractivity contribution is 0.0228. The molecule has 6 heteroatoms. The number of hydrogen-bond acceptors (Lipinski definition) is 4. The number of amides is 1. The SMILES string of the molecule is O=C(N[C@@H](c1ccccn1)C1CC(O)C1)c1ccc(-c2ccn[nH]2)cc1. The first-order chi connectivity index (χ1) is 12.7. The Kier molecular flexibility index (Phi) is 4.50. The van der Waals surface area contributed by atoms with Gasteiger partial charge in [0, 0.05) is 18.0 Å². The van der Waals surface area contributed by atoms with Crippen LogP contribution in [0.5, 0.6) is 0 Å². The molecule has 2 aromatic heterocycles. The van der Waals surface area contributed by atoms with Crippen LogP contribution in [-0.4, -0.2) is 32.3 Å². The molecule has 132 valence electrons. The van der Waals surface area contributed by atoms with Gasteiger partial charge in [-0.3, -0.25) is 14.9 Å². The van der Waals surface area contributed by atoms with E-state index in [2.05, 4.69) is 20.5 Å². The van der Waals surface area contributed by atoms with Gasteiger partial charge < -0.3 is 10.4 Å². The highest BCUT2D eigenvalue weighted by molar-refractivity contribution is 5.94. The van der Waals surface area contributed by atoms with Crippen LogP contribution in [0.25, 0.3) is 11.3 Å². The molecule has 0 saturated heterocycles. The van der Waals surface area contributed by atoms with Gasteiger partial charge in [-0.15, -0.1) is 0 Å². The molecule has 0 bridgehead atoms. The van der Waals surface area contributed by atoms with Crippen molar-refractivity contribution in [3.63, 3.8) is 0 Å². The highest BCUT2D eigenvalue weighted by atomic mass is 16.3. The van der Waals surface area contributed by atoms with E-state index in [1.165, 1.54) is 0 Å². The number of aromatic nitrogens is 3. The standard InChI is InChI=1S/C20H20N4O2/c25-16-11-15(12-16)19(18-3-1-2-9-21-18)23-20(26)14-6-4-13(5-7-14)17-8-10-22-24-17/h1-10,15-16,19,25H,11-12H2,(H,22,24)(H,23,26)/t15?,16?,19-/m1/s1. The first kappa shape index (κ1) is 16.5. The van der Waals surface area contributed by atoms with Gasteiger partial charge in [-0.05, 0) is 54.7 Å². The van der Waals surface area contributed by atoms with Crippen LogP contribution in [0.4, 0.5) is 0 Å². The second kappa shape index (κ2) is 7.09. The summed E-state index contributed by atoms with van der Waals surface area (Å²) < 4.78 is 0. The molecule has 1 amide bonds. The van der Waals surface area contributed by atoms with Crippen LogP contribution in [0.1, 0.15) is 34.9 Å². The third-order valence-electron chi connectivity index (χ3n) is 4.87. The van der Waals surface area contributed by atoms with Gasteiger partial charge in [-0.2, -0.15) is 5.10 Å². The van der Waals surface area contributed by atoms with Crippen LogP contribution in [-0.2, 0) is 0 Å². The summed E-state index contributed by atoms with van der Waals surface area (Å²) in [6, 6.07) is 14.8. The zero-order valence-electron chi connectivity index (χ0n) is 14.2. The van der Waals surface area contributed by atoms with E-state index in [0.29, 0.717) is 18.4 Å². The fraction of sp³-hybridized carbons (Fsp3) is 0.250. The summed E-state index contributed by atoms with van der Waals surface area (Å²) in [5, 5.41) is 19.6. The largest absolute Gasteiger partial charge is 0.393 e. The Morgan fingerprint density at radius 1 is 1.12 bits per heavy atom. The number of aromatic amines is 1. The molecule has 3 N–H and O–H groups in total. The predicted octanol–water partition coefficient (Wildman–Crippen LogP) is 2.71. The number of nitrogens with one attached hydrogen (secondary N) is 2. The second-order valence-corrected chi connectivity index (χ2v) is 6.64. The average molecular weight is 348 g/mol. The molecule has 1 aromatic carbocycles. The highest BCUT2D eigenvalue weighted by Crippen LogP contribution is 2.37. The fourth-order valence-corrected chi connectivity index (χ4v) is 3.34. The molecule has 0 unspecified atom stereocenters. The molecule has 0 spiro atoms. The average Bonchev–Trinajstić information content (AvgIpc) is 3.19. The second-order valence-electron chi connectivity index (χ2n) is 6.64. The topological polar surface area (TPSA) is 90.9 Å². The number of carbonyl (C=O) groups is 1. The number of pyridine rings is 1. The molecular weight excluding hydrogens is 328 g/mol. The van der Waals surface area contributed by atoms with Crippen molar-refractivity contribution in [3.05, 3.63) is 72.2 Å². The Morgan fingerprint density at radius 3 is 2.54 bits per heavy atom. The third kappa shape index (κ3) is 3.36. The number of aliphatic hydroxyl groups is 1. The van der Waals surface area contributed by atoms with Crippen LogP contribution in [0.15, 0.2) is 60.9 Å². The zero-order chi connectivity index (χ0) is 17.9. The van der Waals surface area contributed by atoms with E-state index in [4.69, 9.17) is 0 Å². The van der Waals surface area contributed by atoms with E-state index in [-0.39, 0.29) is 24.0 Å². The van der Waals surface area contributed by atoms with Gasteiger partial charge in [0.25, 0.3) is 5.91 Å². The number of H-pyrrole nitrogens is 1. The molecule has 1 fully saturated rings. The molecule has 3 aromatic rings. The Hall–Kier alpha value is -2.99. The Morgan fingerprint density at radius 2 is 1.92 bits per heavy atom. The molecule has 0 radical (unpaired) electrons. The minimum atomic E-state index is -0.281. The Labute approximate surface area is 151 Å². The first-order valence-corrected chi connectivity index (χ1v) is 8.70. The summed E-state index contributed by atoms with van der Waals surface area (Å²) in [5.41, 5.74) is 3.30. The van der Waals surface area contributed by atoms with Crippen LogP contribution < -0.4 is 5.32 Å². The molecule has 1 aliphatic rings. The molecular formula is C20H20N4O2. The first-order valence-electron chi connectivity index (χ1n) is 8.70. The van der Waals surface area contributed by atoms with Crippen molar-refractivity contribution in [2.75, 3.05) is 0 Å². The van der Waals surface area contributed by atoms with Crippen molar-refractivity contribution in [3.8, 4) is 11.3 Å². The summed E-state index contributed by atoms with van der Waals surface area (Å²) in [4.78, 5) is 17.1. The van der Waals surface area contributed by atoms with Crippen LogP contribution >= 0.6 is 0 Å². The van der Waals surface area contributed by atoms with Crippen LogP contribution in [0, 0.1) is 5.92 Å². The number of carbonyl (C=O) groups excluding carboxylic acids is 1. The molecule has 1 saturated carbocycles. The summed E-state index contributed by atoms with van der Waals surface area (Å²) in [7, 11) is 0. The molecule has 4 rings (SSSR count). The number of rotatable bonds is 5. The van der Waals surface area contributed by atoms with E-state index in [0.717, 1.165) is 17.0 Å². The van der Waals surface area contributed by atoms with Gasteiger partial charge in [0.05, 0.1) is 23.5 Å². The van der Waals surface area contributed by atoms with Gasteiger partial charge in [0.15, 0.2) is 0 Å². The normalized spacial score (nSPS) is 20.2. The monoisotopic (exact) mass is 348 g/mol. The van der Waals surface area contributed by atoms with E-state index in [1.54, 1.807) is 24.5 Å². The minimum absolute atomic E-state index is 0.141. The summed E-state index contributed by atoms with van der Waals surface area (Å²) >= 11 is 0. The van der Waals surface area contributed by atoms with Gasteiger partial charge in [0.2, 0.25) is 0 Å². The number of aliphatic hydroxyl groups excluding tert-OH is 1. The summed E-state index contributed by atoms with van der Waals surface area (Å²) in [5.74, 6) is 0.0614. The van der Waals surface area contributed by atoms with Crippen molar-refractivity contribution < 1.29 is 9.90 Å². The zero-order valence-corrected chi connectivity index (χ0v) is 14.2. The maximum absolute atomic E-state index is 12.7.